The van der Waals surface area contributed by atoms with Crippen molar-refractivity contribution in [1.82, 2.24) is 10.2 Å². The molecule has 0 aliphatic rings. The van der Waals surface area contributed by atoms with Gasteiger partial charge in [-0.2, -0.15) is 0 Å². The molecule has 0 saturated heterocycles. The second kappa shape index (κ2) is 13.3. The summed E-state index contributed by atoms with van der Waals surface area (Å²) < 4.78 is 28.4. The standard InChI is InChI=1S/C27H28Cl3N3O4S/c1-3-14-31-27(35)19(2)32(17-20-12-13-22(29)16-25(20)30)26(34)18-33(23-9-7-8-21(28)15-23)38(36,37)24-10-5-4-6-11-24/h4-13,15-16,19H,3,14,17-18H2,1-2H3,(H,31,35)/t19-/m0/s1. The molecule has 0 radical (unpaired) electrons. The van der Waals surface area contributed by atoms with E-state index in [1.807, 2.05) is 6.92 Å². The fourth-order valence-corrected chi connectivity index (χ4v) is 5.77. The maximum Gasteiger partial charge on any atom is 0.264 e. The molecule has 3 rings (SSSR count). The van der Waals surface area contributed by atoms with E-state index in [0.717, 1.165) is 4.31 Å². The van der Waals surface area contributed by atoms with Crippen LogP contribution in [-0.2, 0) is 26.2 Å². The zero-order valence-corrected chi connectivity index (χ0v) is 24.0. The van der Waals surface area contributed by atoms with E-state index in [9.17, 15) is 18.0 Å². The van der Waals surface area contributed by atoms with Crippen molar-refractivity contribution in [2.45, 2.75) is 37.8 Å². The van der Waals surface area contributed by atoms with Crippen LogP contribution in [0.15, 0.2) is 77.7 Å². The molecule has 0 fully saturated rings. The number of hydrogen-bond donors (Lipinski definition) is 1. The van der Waals surface area contributed by atoms with Gasteiger partial charge in [0.05, 0.1) is 10.6 Å². The van der Waals surface area contributed by atoms with Crippen LogP contribution < -0.4 is 9.62 Å². The minimum atomic E-state index is -4.16. The average Bonchev–Trinajstić information content (AvgIpc) is 2.89. The first-order valence-electron chi connectivity index (χ1n) is 11.9. The average molecular weight is 597 g/mol. The Bertz CT molecular complexity index is 1390. The van der Waals surface area contributed by atoms with Crippen LogP contribution in [0.25, 0.3) is 0 Å². The number of anilines is 1. The van der Waals surface area contributed by atoms with Crippen molar-refractivity contribution in [1.29, 1.82) is 0 Å². The van der Waals surface area contributed by atoms with Crippen LogP contribution in [-0.4, -0.2) is 44.3 Å². The monoisotopic (exact) mass is 595 g/mol. The summed E-state index contributed by atoms with van der Waals surface area (Å²) in [5, 5.41) is 3.84. The largest absolute Gasteiger partial charge is 0.354 e. The van der Waals surface area contributed by atoms with Gasteiger partial charge in [0.25, 0.3) is 10.0 Å². The van der Waals surface area contributed by atoms with Crippen molar-refractivity contribution < 1.29 is 18.0 Å². The number of carbonyl (C=O) groups excluding carboxylic acids is 2. The molecule has 0 unspecified atom stereocenters. The summed E-state index contributed by atoms with van der Waals surface area (Å²) in [6.07, 6.45) is 0.716. The van der Waals surface area contributed by atoms with Crippen LogP contribution in [0.2, 0.25) is 15.1 Å². The SMILES string of the molecule is CCCNC(=O)[C@H](C)N(Cc1ccc(Cl)cc1Cl)C(=O)CN(c1cccc(Cl)c1)S(=O)(=O)c1ccccc1. The zero-order chi connectivity index (χ0) is 27.9. The summed E-state index contributed by atoms with van der Waals surface area (Å²) in [5.41, 5.74) is 0.766. The Labute approximate surface area is 238 Å². The van der Waals surface area contributed by atoms with Gasteiger partial charge in [0.2, 0.25) is 11.8 Å². The lowest BCUT2D eigenvalue weighted by Gasteiger charge is -2.32. The van der Waals surface area contributed by atoms with Gasteiger partial charge in [-0.15, -0.1) is 0 Å². The lowest BCUT2D eigenvalue weighted by atomic mass is 10.1. The number of amides is 2. The molecule has 1 atom stereocenters. The molecular weight excluding hydrogens is 569 g/mol. The number of carbonyl (C=O) groups is 2. The molecule has 0 aliphatic heterocycles. The van der Waals surface area contributed by atoms with Gasteiger partial charge in [0.1, 0.15) is 12.6 Å². The molecule has 38 heavy (non-hydrogen) atoms. The third kappa shape index (κ3) is 7.41. The second-order valence-electron chi connectivity index (χ2n) is 8.53. The Morgan fingerprint density at radius 1 is 0.921 bits per heavy atom. The molecule has 2 amide bonds. The molecule has 202 valence electrons. The van der Waals surface area contributed by atoms with E-state index >= 15 is 0 Å². The summed E-state index contributed by atoms with van der Waals surface area (Å²) in [4.78, 5) is 28.0. The number of nitrogens with one attached hydrogen (secondary N) is 1. The van der Waals surface area contributed by atoms with Crippen LogP contribution in [0.4, 0.5) is 5.69 Å². The van der Waals surface area contributed by atoms with Gasteiger partial charge < -0.3 is 10.2 Å². The summed E-state index contributed by atoms with van der Waals surface area (Å²) in [5.74, 6) is -0.972. The molecule has 11 heteroatoms. The van der Waals surface area contributed by atoms with Crippen molar-refractivity contribution in [3.8, 4) is 0 Å². The summed E-state index contributed by atoms with van der Waals surface area (Å²) in [6.45, 7) is 3.32. The Balaban J connectivity index is 2.03. The Kier molecular flexibility index (Phi) is 10.4. The molecule has 0 bridgehead atoms. The first-order valence-corrected chi connectivity index (χ1v) is 14.5. The smallest absolute Gasteiger partial charge is 0.264 e. The van der Waals surface area contributed by atoms with Crippen molar-refractivity contribution in [2.24, 2.45) is 0 Å². The minimum Gasteiger partial charge on any atom is -0.354 e. The highest BCUT2D eigenvalue weighted by Gasteiger charge is 2.32. The molecule has 0 aromatic heterocycles. The van der Waals surface area contributed by atoms with Gasteiger partial charge in [-0.25, -0.2) is 8.42 Å². The van der Waals surface area contributed by atoms with E-state index in [1.54, 1.807) is 61.5 Å². The highest BCUT2D eigenvalue weighted by atomic mass is 35.5. The van der Waals surface area contributed by atoms with Crippen molar-refractivity contribution >= 4 is 62.3 Å². The molecule has 7 nitrogen and oxygen atoms in total. The Morgan fingerprint density at radius 2 is 1.61 bits per heavy atom. The number of nitrogens with zero attached hydrogens (tertiary/aromatic N) is 2. The van der Waals surface area contributed by atoms with E-state index in [-0.39, 0.29) is 23.0 Å². The molecule has 0 spiro atoms. The van der Waals surface area contributed by atoms with Gasteiger partial charge in [0.15, 0.2) is 0 Å². The normalized spacial score (nSPS) is 12.0. The van der Waals surface area contributed by atoms with Crippen molar-refractivity contribution in [3.05, 3.63) is 93.4 Å². The van der Waals surface area contributed by atoms with E-state index in [1.165, 1.54) is 23.1 Å². The molecule has 0 saturated carbocycles. The van der Waals surface area contributed by atoms with Crippen LogP contribution in [0.1, 0.15) is 25.8 Å². The van der Waals surface area contributed by atoms with Gasteiger partial charge >= 0.3 is 0 Å². The van der Waals surface area contributed by atoms with Crippen LogP contribution >= 0.6 is 34.8 Å². The second-order valence-corrected chi connectivity index (χ2v) is 11.7. The summed E-state index contributed by atoms with van der Waals surface area (Å²) >= 11 is 18.6. The van der Waals surface area contributed by atoms with Gasteiger partial charge in [-0.3, -0.25) is 13.9 Å². The minimum absolute atomic E-state index is 0.00816. The lowest BCUT2D eigenvalue weighted by Crippen LogP contribution is -2.51. The number of sulfonamides is 1. The summed E-state index contributed by atoms with van der Waals surface area (Å²) in [6, 6.07) is 17.9. The van der Waals surface area contributed by atoms with Gasteiger partial charge in [-0.1, -0.05) is 72.1 Å². The summed E-state index contributed by atoms with van der Waals surface area (Å²) in [7, 11) is -4.16. The highest BCUT2D eigenvalue weighted by molar-refractivity contribution is 7.92. The van der Waals surface area contributed by atoms with Gasteiger partial charge in [-0.05, 0) is 61.4 Å². The number of hydrogen-bond acceptors (Lipinski definition) is 4. The predicted molar refractivity (Wildman–Crippen MR) is 152 cm³/mol. The molecule has 0 heterocycles. The topological polar surface area (TPSA) is 86.8 Å². The maximum atomic E-state index is 13.8. The van der Waals surface area contributed by atoms with E-state index < -0.39 is 28.5 Å². The van der Waals surface area contributed by atoms with Crippen LogP contribution in [0, 0.1) is 0 Å². The van der Waals surface area contributed by atoms with Crippen molar-refractivity contribution in [2.75, 3.05) is 17.4 Å². The molecule has 3 aromatic rings. The lowest BCUT2D eigenvalue weighted by molar-refractivity contribution is -0.139. The van der Waals surface area contributed by atoms with Crippen LogP contribution in [0.3, 0.4) is 0 Å². The fourth-order valence-electron chi connectivity index (χ4n) is 3.69. The molecule has 3 aromatic carbocycles. The Morgan fingerprint density at radius 3 is 2.24 bits per heavy atom. The first kappa shape index (κ1) is 29.8. The molecule has 0 aliphatic carbocycles. The first-order chi connectivity index (χ1) is 18.0. The van der Waals surface area contributed by atoms with E-state index in [0.29, 0.717) is 33.6 Å². The van der Waals surface area contributed by atoms with E-state index in [2.05, 4.69) is 5.32 Å². The van der Waals surface area contributed by atoms with Crippen LogP contribution in [0.5, 0.6) is 0 Å². The van der Waals surface area contributed by atoms with Crippen molar-refractivity contribution in [3.63, 3.8) is 0 Å². The zero-order valence-electron chi connectivity index (χ0n) is 20.9. The maximum absolute atomic E-state index is 13.8. The van der Waals surface area contributed by atoms with Gasteiger partial charge in [0, 0.05) is 28.2 Å². The predicted octanol–water partition coefficient (Wildman–Crippen LogP) is 5.79. The quantitative estimate of drug-likeness (QED) is 0.304. The number of rotatable bonds is 11. The highest BCUT2D eigenvalue weighted by Crippen LogP contribution is 2.28. The number of halogens is 3. The van der Waals surface area contributed by atoms with E-state index in [4.69, 9.17) is 34.8 Å². The molecular formula is C27H28Cl3N3O4S. The third-order valence-corrected chi connectivity index (χ3v) is 8.39. The number of benzene rings is 3. The fraction of sp³-hybridized carbons (Fsp3) is 0.259. The Hall–Kier alpha value is -2.78. The molecule has 1 N–H and O–H groups in total. The third-order valence-electron chi connectivity index (χ3n) is 5.78.